The van der Waals surface area contributed by atoms with E-state index in [1.807, 2.05) is 42.5 Å². The Morgan fingerprint density at radius 1 is 1.03 bits per heavy atom. The Kier molecular flexibility index (Phi) is 7.37. The maximum absolute atomic E-state index is 13.5. The van der Waals surface area contributed by atoms with Crippen LogP contribution in [-0.2, 0) is 4.79 Å². The maximum atomic E-state index is 13.5. The van der Waals surface area contributed by atoms with Crippen molar-refractivity contribution in [2.45, 2.75) is 30.3 Å². The summed E-state index contributed by atoms with van der Waals surface area (Å²) in [7, 11) is 3.33. The standard InChI is InChI=1S/C29H29N3O3S/c1-34-23-13-9-20(10-14-23)18-22-6-5-7-25-28(22)31-32(27(33)19-36-26-8-3-4-17-30-26)29(25)21-11-15-24(35-2)16-12-21/h3-4,8-18,25,29H,5-7,19H2,1-2H3/b22-18-/t25-,29+/m1/s1. The number of hydrazone groups is 1. The lowest BCUT2D eigenvalue weighted by Crippen LogP contribution is -2.32. The highest BCUT2D eigenvalue weighted by atomic mass is 32.2. The van der Waals surface area contributed by atoms with E-state index in [0.717, 1.165) is 52.6 Å². The van der Waals surface area contributed by atoms with Gasteiger partial charge in [-0.2, -0.15) is 5.10 Å². The number of pyridine rings is 1. The number of amides is 1. The van der Waals surface area contributed by atoms with Gasteiger partial charge in [0.25, 0.3) is 5.91 Å². The Morgan fingerprint density at radius 3 is 2.42 bits per heavy atom. The molecular formula is C29H29N3O3S. The van der Waals surface area contributed by atoms with Crippen molar-refractivity contribution in [1.82, 2.24) is 9.99 Å². The van der Waals surface area contributed by atoms with Crippen molar-refractivity contribution in [2.75, 3.05) is 20.0 Å². The zero-order chi connectivity index (χ0) is 24.9. The third kappa shape index (κ3) is 5.16. The molecule has 6 nitrogen and oxygen atoms in total. The van der Waals surface area contributed by atoms with Crippen LogP contribution in [0.25, 0.3) is 6.08 Å². The van der Waals surface area contributed by atoms with Gasteiger partial charge in [0, 0.05) is 12.1 Å². The zero-order valence-corrected chi connectivity index (χ0v) is 21.3. The van der Waals surface area contributed by atoms with Crippen molar-refractivity contribution in [2.24, 2.45) is 11.0 Å². The summed E-state index contributed by atoms with van der Waals surface area (Å²) in [5.74, 6) is 2.05. The molecule has 1 saturated carbocycles. The molecule has 1 aromatic heterocycles. The molecule has 0 saturated heterocycles. The van der Waals surface area contributed by atoms with E-state index < -0.39 is 0 Å². The SMILES string of the molecule is COc1ccc(/C=C2/CCC[C@@H]3C2=NN(C(=O)CSc2ccccn2)[C@H]3c2ccc(OC)cc2)cc1. The molecule has 2 aliphatic rings. The van der Waals surface area contributed by atoms with Crippen LogP contribution in [0.1, 0.15) is 36.4 Å². The van der Waals surface area contributed by atoms with Gasteiger partial charge >= 0.3 is 0 Å². The van der Waals surface area contributed by atoms with Gasteiger partial charge in [0.1, 0.15) is 11.5 Å². The van der Waals surface area contributed by atoms with Gasteiger partial charge in [0.05, 0.1) is 36.8 Å². The van der Waals surface area contributed by atoms with E-state index in [4.69, 9.17) is 14.6 Å². The zero-order valence-electron chi connectivity index (χ0n) is 20.5. The highest BCUT2D eigenvalue weighted by Gasteiger charge is 2.43. The third-order valence-electron chi connectivity index (χ3n) is 6.65. The van der Waals surface area contributed by atoms with Crippen molar-refractivity contribution in [3.63, 3.8) is 0 Å². The van der Waals surface area contributed by atoms with Gasteiger partial charge in [-0.05, 0) is 78.4 Å². The predicted octanol–water partition coefficient (Wildman–Crippen LogP) is 6.01. The molecule has 1 fully saturated rings. The summed E-state index contributed by atoms with van der Waals surface area (Å²) in [6.45, 7) is 0. The first kappa shape index (κ1) is 24.1. The van der Waals surface area contributed by atoms with Crippen LogP contribution in [0, 0.1) is 5.92 Å². The first-order chi connectivity index (χ1) is 17.7. The number of carbonyl (C=O) groups is 1. The summed E-state index contributed by atoms with van der Waals surface area (Å²) >= 11 is 1.44. The van der Waals surface area contributed by atoms with Crippen molar-refractivity contribution >= 4 is 29.5 Å². The summed E-state index contributed by atoms with van der Waals surface area (Å²) in [5.41, 5.74) is 4.39. The largest absolute Gasteiger partial charge is 0.497 e. The van der Waals surface area contributed by atoms with Crippen LogP contribution in [0.15, 0.2) is 88.6 Å². The minimum absolute atomic E-state index is 0.0165. The Bertz CT molecular complexity index is 1260. The molecule has 36 heavy (non-hydrogen) atoms. The van der Waals surface area contributed by atoms with Crippen LogP contribution >= 0.6 is 11.8 Å². The fraction of sp³-hybridized carbons (Fsp3) is 0.276. The lowest BCUT2D eigenvalue weighted by atomic mass is 9.77. The fourth-order valence-electron chi connectivity index (χ4n) is 4.88. The molecule has 3 aromatic rings. The smallest absolute Gasteiger partial charge is 0.253 e. The first-order valence-corrected chi connectivity index (χ1v) is 13.1. The molecule has 1 aliphatic carbocycles. The monoisotopic (exact) mass is 499 g/mol. The van der Waals surface area contributed by atoms with Crippen molar-refractivity contribution in [3.05, 3.63) is 89.6 Å². The highest BCUT2D eigenvalue weighted by Crippen LogP contribution is 2.45. The minimum atomic E-state index is -0.137. The molecule has 2 heterocycles. The van der Waals surface area contributed by atoms with Crippen molar-refractivity contribution < 1.29 is 14.3 Å². The molecular weight excluding hydrogens is 470 g/mol. The van der Waals surface area contributed by atoms with Crippen LogP contribution in [0.4, 0.5) is 0 Å². The van der Waals surface area contributed by atoms with Gasteiger partial charge in [-0.25, -0.2) is 9.99 Å². The topological polar surface area (TPSA) is 64.0 Å². The Labute approximate surface area is 216 Å². The third-order valence-corrected chi connectivity index (χ3v) is 7.58. The van der Waals surface area contributed by atoms with Gasteiger partial charge < -0.3 is 9.47 Å². The van der Waals surface area contributed by atoms with E-state index >= 15 is 0 Å². The molecule has 5 rings (SSSR count). The van der Waals surface area contributed by atoms with E-state index in [-0.39, 0.29) is 23.6 Å². The number of carbonyl (C=O) groups excluding carboxylic acids is 1. The predicted molar refractivity (Wildman–Crippen MR) is 143 cm³/mol. The average Bonchev–Trinajstić information content (AvgIpc) is 3.33. The van der Waals surface area contributed by atoms with E-state index in [9.17, 15) is 4.79 Å². The number of fused-ring (bicyclic) bond motifs is 1. The highest BCUT2D eigenvalue weighted by molar-refractivity contribution is 7.99. The Hall–Kier alpha value is -3.58. The number of thioether (sulfide) groups is 1. The van der Waals surface area contributed by atoms with Gasteiger partial charge in [0.2, 0.25) is 0 Å². The normalized spacial score (nSPS) is 20.1. The number of nitrogens with zero attached hydrogens (tertiary/aromatic N) is 3. The molecule has 0 unspecified atom stereocenters. The molecule has 2 atom stereocenters. The van der Waals surface area contributed by atoms with E-state index in [2.05, 4.69) is 35.3 Å². The second-order valence-electron chi connectivity index (χ2n) is 8.84. The summed E-state index contributed by atoms with van der Waals surface area (Å²) in [4.78, 5) is 17.9. The molecule has 0 bridgehead atoms. The molecule has 0 spiro atoms. The van der Waals surface area contributed by atoms with Crippen LogP contribution in [0.5, 0.6) is 11.5 Å². The summed E-state index contributed by atoms with van der Waals surface area (Å²) in [5, 5.41) is 7.52. The van der Waals surface area contributed by atoms with Crippen LogP contribution < -0.4 is 9.47 Å². The van der Waals surface area contributed by atoms with E-state index in [0.29, 0.717) is 0 Å². The number of hydrogen-bond donors (Lipinski definition) is 0. The molecule has 184 valence electrons. The average molecular weight is 500 g/mol. The van der Waals surface area contributed by atoms with Gasteiger partial charge in [0.15, 0.2) is 0 Å². The second-order valence-corrected chi connectivity index (χ2v) is 9.84. The molecule has 0 N–H and O–H groups in total. The lowest BCUT2D eigenvalue weighted by Gasteiger charge is -2.29. The van der Waals surface area contributed by atoms with E-state index in [1.165, 1.54) is 17.3 Å². The van der Waals surface area contributed by atoms with Gasteiger partial charge in [-0.1, -0.05) is 42.1 Å². The minimum Gasteiger partial charge on any atom is -0.497 e. The van der Waals surface area contributed by atoms with Gasteiger partial charge in [-0.3, -0.25) is 4.79 Å². The number of methoxy groups -OCH3 is 2. The quantitative estimate of drug-likeness (QED) is 0.372. The lowest BCUT2D eigenvalue weighted by molar-refractivity contribution is -0.130. The molecule has 2 aromatic carbocycles. The maximum Gasteiger partial charge on any atom is 0.253 e. The Morgan fingerprint density at radius 2 is 1.75 bits per heavy atom. The number of hydrogen-bond acceptors (Lipinski definition) is 6. The summed E-state index contributed by atoms with van der Waals surface area (Å²) in [6, 6.07) is 21.6. The fourth-order valence-corrected chi connectivity index (χ4v) is 5.59. The van der Waals surface area contributed by atoms with Crippen LogP contribution in [0.2, 0.25) is 0 Å². The van der Waals surface area contributed by atoms with Crippen molar-refractivity contribution in [1.29, 1.82) is 0 Å². The second kappa shape index (κ2) is 11.0. The summed E-state index contributed by atoms with van der Waals surface area (Å²) < 4.78 is 10.7. The number of ether oxygens (including phenoxy) is 2. The van der Waals surface area contributed by atoms with Crippen LogP contribution in [0.3, 0.4) is 0 Å². The number of rotatable bonds is 7. The van der Waals surface area contributed by atoms with Gasteiger partial charge in [-0.15, -0.1) is 0 Å². The number of aromatic nitrogens is 1. The van der Waals surface area contributed by atoms with Crippen molar-refractivity contribution in [3.8, 4) is 11.5 Å². The molecule has 7 heteroatoms. The van der Waals surface area contributed by atoms with E-state index in [1.54, 1.807) is 25.4 Å². The number of benzene rings is 2. The van der Waals surface area contributed by atoms with Crippen LogP contribution in [-0.4, -0.2) is 41.6 Å². The molecule has 0 radical (unpaired) electrons. The summed E-state index contributed by atoms with van der Waals surface area (Å²) in [6.07, 6.45) is 6.94. The molecule has 1 amide bonds. The number of allylic oxidation sites excluding steroid dienone is 1. The Balaban J connectivity index is 1.46. The first-order valence-electron chi connectivity index (χ1n) is 12.1. The molecule has 1 aliphatic heterocycles.